The van der Waals surface area contributed by atoms with Gasteiger partial charge in [0.15, 0.2) is 5.16 Å². The summed E-state index contributed by atoms with van der Waals surface area (Å²) in [6.45, 7) is 0.221. The molecule has 1 aliphatic rings. The number of esters is 1. The van der Waals surface area contributed by atoms with Gasteiger partial charge in [-0.25, -0.2) is 4.98 Å². The van der Waals surface area contributed by atoms with Crippen molar-refractivity contribution in [3.8, 4) is 5.69 Å². The Kier molecular flexibility index (Phi) is 6.28. The molecule has 148 valence electrons. The molecule has 0 bridgehead atoms. The highest BCUT2D eigenvalue weighted by Gasteiger charge is 2.23. The zero-order chi connectivity index (χ0) is 20.2. The van der Waals surface area contributed by atoms with Crippen molar-refractivity contribution in [1.82, 2.24) is 9.55 Å². The highest BCUT2D eigenvalue weighted by Crippen LogP contribution is 2.30. The number of halogens is 1. The van der Waals surface area contributed by atoms with Crippen molar-refractivity contribution in [3.05, 3.63) is 81.2 Å². The normalized spacial score (nSPS) is 12.6. The van der Waals surface area contributed by atoms with Crippen molar-refractivity contribution < 1.29 is 9.53 Å². The molecule has 0 fully saturated rings. The van der Waals surface area contributed by atoms with E-state index in [1.165, 1.54) is 23.5 Å². The van der Waals surface area contributed by atoms with Crippen LogP contribution in [0, 0.1) is 0 Å². The van der Waals surface area contributed by atoms with Crippen molar-refractivity contribution >= 4 is 41.1 Å². The summed E-state index contributed by atoms with van der Waals surface area (Å²) < 4.78 is 6.88. The van der Waals surface area contributed by atoms with Crippen molar-refractivity contribution in [3.63, 3.8) is 0 Å². The number of nitrogens with zero attached hydrogens (tertiary/aromatic N) is 2. The van der Waals surface area contributed by atoms with Crippen LogP contribution in [0.15, 0.2) is 69.4 Å². The molecular weight excluding hydrogens is 428 g/mol. The van der Waals surface area contributed by atoms with E-state index in [0.717, 1.165) is 23.4 Å². The minimum absolute atomic E-state index is 0.0682. The van der Waals surface area contributed by atoms with Crippen molar-refractivity contribution in [2.75, 3.05) is 11.5 Å². The fourth-order valence-corrected chi connectivity index (χ4v) is 4.89. The van der Waals surface area contributed by atoms with Gasteiger partial charge < -0.3 is 4.74 Å². The first-order valence-corrected chi connectivity index (χ1v) is 11.3. The molecule has 1 aromatic heterocycles. The van der Waals surface area contributed by atoms with Crippen LogP contribution in [0.5, 0.6) is 0 Å². The Balaban J connectivity index is 1.55. The molecule has 0 N–H and O–H groups in total. The third-order valence-electron chi connectivity index (χ3n) is 4.31. The highest BCUT2D eigenvalue weighted by atomic mass is 35.5. The molecule has 5 nitrogen and oxygen atoms in total. The number of carbonyl (C=O) groups excluding carboxylic acids is 1. The van der Waals surface area contributed by atoms with Crippen molar-refractivity contribution in [1.29, 1.82) is 0 Å². The third-order valence-corrected chi connectivity index (χ3v) is 6.58. The third kappa shape index (κ3) is 4.69. The van der Waals surface area contributed by atoms with Crippen molar-refractivity contribution in [2.24, 2.45) is 0 Å². The number of ether oxygens (including phenoxy) is 1. The Morgan fingerprint density at radius 2 is 1.93 bits per heavy atom. The zero-order valence-electron chi connectivity index (χ0n) is 15.3. The molecule has 29 heavy (non-hydrogen) atoms. The molecule has 2 aromatic carbocycles. The average Bonchev–Trinajstić information content (AvgIpc) is 3.21. The number of hydrogen-bond donors (Lipinski definition) is 0. The van der Waals surface area contributed by atoms with Gasteiger partial charge in [0.2, 0.25) is 0 Å². The van der Waals surface area contributed by atoms with Gasteiger partial charge in [0, 0.05) is 17.2 Å². The molecule has 0 saturated carbocycles. The lowest BCUT2D eigenvalue weighted by atomic mass is 10.2. The SMILES string of the molecule is O=C(CSc1nc2c(c(=O)n1-c1ccc(Cl)cc1)SCC2)OCc1ccccc1. The van der Waals surface area contributed by atoms with E-state index in [2.05, 4.69) is 4.98 Å². The molecule has 0 unspecified atom stereocenters. The van der Waals surface area contributed by atoms with Gasteiger partial charge >= 0.3 is 5.97 Å². The number of thioether (sulfide) groups is 2. The number of fused-ring (bicyclic) bond motifs is 1. The maximum Gasteiger partial charge on any atom is 0.316 e. The van der Waals surface area contributed by atoms with Crippen LogP contribution in [0.2, 0.25) is 5.02 Å². The van der Waals surface area contributed by atoms with E-state index in [1.807, 2.05) is 30.3 Å². The lowest BCUT2D eigenvalue weighted by Gasteiger charge is -2.13. The van der Waals surface area contributed by atoms with Gasteiger partial charge in [-0.05, 0) is 29.8 Å². The lowest BCUT2D eigenvalue weighted by Crippen LogP contribution is -2.24. The fraction of sp³-hybridized carbons (Fsp3) is 0.190. The van der Waals surface area contributed by atoms with Gasteiger partial charge in [0.25, 0.3) is 5.56 Å². The molecule has 4 rings (SSSR count). The molecule has 0 radical (unpaired) electrons. The monoisotopic (exact) mass is 444 g/mol. The molecule has 0 amide bonds. The molecule has 8 heteroatoms. The number of rotatable bonds is 6. The second-order valence-corrected chi connectivity index (χ2v) is 8.80. The smallest absolute Gasteiger partial charge is 0.316 e. The van der Waals surface area contributed by atoms with Crippen LogP contribution in [-0.2, 0) is 22.6 Å². The van der Waals surface area contributed by atoms with Crippen LogP contribution in [0.3, 0.4) is 0 Å². The Morgan fingerprint density at radius 3 is 2.69 bits per heavy atom. The quantitative estimate of drug-likeness (QED) is 0.319. The maximum absolute atomic E-state index is 13.1. The van der Waals surface area contributed by atoms with Gasteiger partial charge in [-0.3, -0.25) is 14.2 Å². The largest absolute Gasteiger partial charge is 0.460 e. The Morgan fingerprint density at radius 1 is 1.17 bits per heavy atom. The second-order valence-electron chi connectivity index (χ2n) is 6.32. The molecule has 3 aromatic rings. The van der Waals surface area contributed by atoms with Gasteiger partial charge in [-0.15, -0.1) is 11.8 Å². The summed E-state index contributed by atoms with van der Waals surface area (Å²) in [5.41, 5.74) is 2.28. The van der Waals surface area contributed by atoms with Gasteiger partial charge in [0.1, 0.15) is 6.61 Å². The van der Waals surface area contributed by atoms with Crippen LogP contribution in [0.1, 0.15) is 11.3 Å². The first kappa shape index (κ1) is 20.1. The topological polar surface area (TPSA) is 61.2 Å². The molecular formula is C21H17ClN2O3S2. The van der Waals surface area contributed by atoms with E-state index >= 15 is 0 Å². The van der Waals surface area contributed by atoms with Crippen LogP contribution in [0.25, 0.3) is 5.69 Å². The summed E-state index contributed by atoms with van der Waals surface area (Å²) in [5, 5.41) is 1.07. The van der Waals surface area contributed by atoms with E-state index in [1.54, 1.807) is 28.8 Å². The predicted molar refractivity (Wildman–Crippen MR) is 116 cm³/mol. The Labute approximate surface area is 181 Å². The number of carbonyl (C=O) groups is 1. The number of aromatic nitrogens is 2. The molecule has 1 aliphatic heterocycles. The predicted octanol–water partition coefficient (Wildman–Crippen LogP) is 4.37. The lowest BCUT2D eigenvalue weighted by molar-refractivity contribution is -0.141. The van der Waals surface area contributed by atoms with E-state index in [0.29, 0.717) is 20.8 Å². The number of benzene rings is 2. The molecule has 0 spiro atoms. The van der Waals surface area contributed by atoms with Gasteiger partial charge in [-0.2, -0.15) is 0 Å². The van der Waals surface area contributed by atoms with Crippen LogP contribution >= 0.6 is 35.1 Å². The summed E-state index contributed by atoms with van der Waals surface area (Å²) in [7, 11) is 0. The zero-order valence-corrected chi connectivity index (χ0v) is 17.7. The molecule has 0 aliphatic carbocycles. The summed E-state index contributed by atoms with van der Waals surface area (Å²) in [6, 6.07) is 16.5. The summed E-state index contributed by atoms with van der Waals surface area (Å²) in [4.78, 5) is 30.6. The first-order valence-electron chi connectivity index (χ1n) is 8.99. The van der Waals surface area contributed by atoms with E-state index in [-0.39, 0.29) is 23.9 Å². The summed E-state index contributed by atoms with van der Waals surface area (Å²) >= 11 is 8.71. The van der Waals surface area contributed by atoms with E-state index in [4.69, 9.17) is 16.3 Å². The molecule has 0 atom stereocenters. The minimum Gasteiger partial charge on any atom is -0.460 e. The number of aryl methyl sites for hydroxylation is 1. The van der Waals surface area contributed by atoms with E-state index < -0.39 is 0 Å². The van der Waals surface area contributed by atoms with Crippen LogP contribution < -0.4 is 5.56 Å². The molecule has 0 saturated heterocycles. The maximum atomic E-state index is 13.1. The standard InChI is InChI=1S/C21H17ClN2O3S2/c22-15-6-8-16(9-7-15)24-20(26)19-17(10-11-28-19)23-21(24)29-13-18(25)27-12-14-4-2-1-3-5-14/h1-9H,10-13H2. The van der Waals surface area contributed by atoms with Gasteiger partial charge in [0.05, 0.1) is 22.0 Å². The number of hydrogen-bond acceptors (Lipinski definition) is 6. The van der Waals surface area contributed by atoms with E-state index in [9.17, 15) is 9.59 Å². The molecule has 2 heterocycles. The Hall–Kier alpha value is -2.22. The summed E-state index contributed by atoms with van der Waals surface area (Å²) in [5.74, 6) is 0.551. The van der Waals surface area contributed by atoms with Crippen LogP contribution in [0.4, 0.5) is 0 Å². The highest BCUT2D eigenvalue weighted by molar-refractivity contribution is 8.00. The Bertz CT molecular complexity index is 1090. The first-order chi connectivity index (χ1) is 14.1. The van der Waals surface area contributed by atoms with Crippen molar-refractivity contribution in [2.45, 2.75) is 23.1 Å². The van der Waals surface area contributed by atoms with Crippen LogP contribution in [-0.4, -0.2) is 27.0 Å². The van der Waals surface area contributed by atoms with Gasteiger partial charge in [-0.1, -0.05) is 53.7 Å². The average molecular weight is 445 g/mol. The summed E-state index contributed by atoms with van der Waals surface area (Å²) in [6.07, 6.45) is 0.753. The second kappa shape index (κ2) is 9.07. The minimum atomic E-state index is -0.356. The fourth-order valence-electron chi connectivity index (χ4n) is 2.91.